The lowest BCUT2D eigenvalue weighted by atomic mass is 9.89. The van der Waals surface area contributed by atoms with Crippen molar-refractivity contribution in [3.05, 3.63) is 96.1 Å². The predicted octanol–water partition coefficient (Wildman–Crippen LogP) is 7.23. The summed E-state index contributed by atoms with van der Waals surface area (Å²) in [5, 5.41) is 12.0. The minimum Gasteiger partial charge on any atom is -0.497 e. The van der Waals surface area contributed by atoms with Gasteiger partial charge in [-0.3, -0.25) is 4.79 Å². The van der Waals surface area contributed by atoms with Crippen molar-refractivity contribution in [2.24, 2.45) is 5.92 Å². The topological polar surface area (TPSA) is 104 Å². The third-order valence-electron chi connectivity index (χ3n) is 7.59. The summed E-state index contributed by atoms with van der Waals surface area (Å²) >= 11 is 0. The molecule has 1 aromatic heterocycles. The van der Waals surface area contributed by atoms with Gasteiger partial charge in [0.2, 0.25) is 5.91 Å². The van der Waals surface area contributed by atoms with E-state index in [2.05, 4.69) is 10.3 Å². The zero-order chi connectivity index (χ0) is 29.3. The van der Waals surface area contributed by atoms with E-state index >= 15 is 0 Å². The van der Waals surface area contributed by atoms with Crippen LogP contribution >= 0.6 is 0 Å². The molecule has 1 amide bonds. The van der Waals surface area contributed by atoms with Crippen molar-refractivity contribution in [1.29, 1.82) is 0 Å². The summed E-state index contributed by atoms with van der Waals surface area (Å²) in [4.78, 5) is 31.7. The van der Waals surface area contributed by atoms with Gasteiger partial charge in [0.1, 0.15) is 11.6 Å². The van der Waals surface area contributed by atoms with Gasteiger partial charge in [-0.25, -0.2) is 9.78 Å². The lowest BCUT2D eigenvalue weighted by Gasteiger charge is -2.21. The molecule has 3 aromatic carbocycles. The van der Waals surface area contributed by atoms with Gasteiger partial charge in [0, 0.05) is 35.4 Å². The Morgan fingerprint density at radius 2 is 1.45 bits per heavy atom. The molecule has 4 aromatic rings. The quantitative estimate of drug-likeness (QED) is 0.177. The highest BCUT2D eigenvalue weighted by molar-refractivity contribution is 5.92. The lowest BCUT2D eigenvalue weighted by Crippen LogP contribution is -2.28. The number of hydrogen-bond acceptors (Lipinski definition) is 4. The number of aliphatic carboxylic acids is 1. The number of carboxylic acid groups (broad SMARTS) is 1. The Kier molecular flexibility index (Phi) is 9.29. The number of carbonyl (C=O) groups excluding carboxylic acids is 1. The fraction of sp³-hybridized carbons (Fsp3) is 0.229. The van der Waals surface area contributed by atoms with E-state index in [0.29, 0.717) is 5.92 Å². The number of nitrogens with zero attached hydrogens (tertiary/aromatic N) is 1. The smallest absolute Gasteiger partial charge is 0.328 e. The number of amides is 1. The fourth-order valence-corrected chi connectivity index (χ4v) is 5.22. The van der Waals surface area contributed by atoms with Gasteiger partial charge in [-0.15, -0.1) is 0 Å². The highest BCUT2D eigenvalue weighted by Crippen LogP contribution is 2.34. The maximum atomic E-state index is 12.4. The SMILES string of the molecule is COc1ccc(-c2nc(-c3ccc(/C=C/C(=O)NCC4CCCCC4)cc3)c(-c3ccc(/C=C/C(=O)O)cc3)[nH]2)cc1. The van der Waals surface area contributed by atoms with Crippen molar-refractivity contribution in [1.82, 2.24) is 15.3 Å². The molecule has 0 atom stereocenters. The van der Waals surface area contributed by atoms with Crippen LogP contribution in [0.3, 0.4) is 0 Å². The molecule has 1 fully saturated rings. The zero-order valence-electron chi connectivity index (χ0n) is 23.7. The molecule has 1 aliphatic carbocycles. The summed E-state index contributed by atoms with van der Waals surface area (Å²) < 4.78 is 5.30. The van der Waals surface area contributed by atoms with Gasteiger partial charge < -0.3 is 20.1 Å². The van der Waals surface area contributed by atoms with Crippen LogP contribution in [0.25, 0.3) is 46.1 Å². The molecule has 1 heterocycles. The van der Waals surface area contributed by atoms with Gasteiger partial charge in [-0.05, 0) is 66.3 Å². The van der Waals surface area contributed by atoms with Crippen molar-refractivity contribution < 1.29 is 19.4 Å². The number of ether oxygens (including phenoxy) is 1. The maximum Gasteiger partial charge on any atom is 0.328 e. The first-order valence-electron chi connectivity index (χ1n) is 14.3. The minimum absolute atomic E-state index is 0.0648. The van der Waals surface area contributed by atoms with E-state index in [0.717, 1.165) is 63.4 Å². The molecule has 0 unspecified atom stereocenters. The molecule has 1 aliphatic rings. The minimum atomic E-state index is -0.988. The third-order valence-corrected chi connectivity index (χ3v) is 7.59. The molecule has 7 heteroatoms. The standard InChI is InChI=1S/C35H35N3O4/c1-42-30-19-17-29(18-20-30)35-37-33(34(38-35)28-15-9-25(10-16-28)12-22-32(40)41)27-13-7-24(8-14-27)11-21-31(39)36-23-26-5-3-2-4-6-26/h7-22,26H,2-6,23H2,1H3,(H,36,39)(H,37,38)(H,40,41)/b21-11+,22-12+. The summed E-state index contributed by atoms with van der Waals surface area (Å²) in [6.45, 7) is 0.747. The molecule has 0 aliphatic heterocycles. The van der Waals surface area contributed by atoms with Crippen molar-refractivity contribution in [3.63, 3.8) is 0 Å². The van der Waals surface area contributed by atoms with E-state index in [1.54, 1.807) is 19.3 Å². The Bertz CT molecular complexity index is 1560. The molecule has 5 rings (SSSR count). The van der Waals surface area contributed by atoms with Gasteiger partial charge in [-0.2, -0.15) is 0 Å². The number of aromatic nitrogens is 2. The van der Waals surface area contributed by atoms with Crippen molar-refractivity contribution in [3.8, 4) is 39.7 Å². The number of methoxy groups -OCH3 is 1. The molecule has 1 saturated carbocycles. The Hall–Kier alpha value is -4.91. The molecule has 214 valence electrons. The van der Waals surface area contributed by atoms with Gasteiger partial charge in [0.15, 0.2) is 0 Å². The molecule has 7 nitrogen and oxygen atoms in total. The van der Waals surface area contributed by atoms with E-state index in [1.807, 2.05) is 78.9 Å². The van der Waals surface area contributed by atoms with Crippen LogP contribution in [0.4, 0.5) is 0 Å². The fourth-order valence-electron chi connectivity index (χ4n) is 5.22. The second-order valence-corrected chi connectivity index (χ2v) is 10.5. The largest absolute Gasteiger partial charge is 0.497 e. The number of carbonyl (C=O) groups is 2. The number of imidazole rings is 1. The second kappa shape index (κ2) is 13.6. The lowest BCUT2D eigenvalue weighted by molar-refractivity contribution is -0.131. The molecule has 3 N–H and O–H groups in total. The Morgan fingerprint density at radius 1 is 0.857 bits per heavy atom. The van der Waals surface area contributed by atoms with Crippen LogP contribution in [-0.2, 0) is 9.59 Å². The normalized spacial score (nSPS) is 13.9. The number of carboxylic acids is 1. The molecule has 0 spiro atoms. The van der Waals surface area contributed by atoms with E-state index in [4.69, 9.17) is 14.8 Å². The van der Waals surface area contributed by atoms with E-state index in [-0.39, 0.29) is 5.91 Å². The van der Waals surface area contributed by atoms with Crippen LogP contribution in [0, 0.1) is 5.92 Å². The van der Waals surface area contributed by atoms with E-state index < -0.39 is 5.97 Å². The monoisotopic (exact) mass is 561 g/mol. The number of aromatic amines is 1. The van der Waals surface area contributed by atoms with Crippen molar-refractivity contribution >= 4 is 24.0 Å². The maximum absolute atomic E-state index is 12.4. The van der Waals surface area contributed by atoms with E-state index in [1.165, 1.54) is 32.1 Å². The second-order valence-electron chi connectivity index (χ2n) is 10.5. The third kappa shape index (κ3) is 7.43. The summed E-state index contributed by atoms with van der Waals surface area (Å²) in [6, 6.07) is 23.3. The molecule has 42 heavy (non-hydrogen) atoms. The van der Waals surface area contributed by atoms with Crippen LogP contribution < -0.4 is 10.1 Å². The first-order valence-corrected chi connectivity index (χ1v) is 14.3. The van der Waals surface area contributed by atoms with Gasteiger partial charge in [0.05, 0.1) is 18.5 Å². The Labute approximate surface area is 246 Å². The molecule has 0 saturated heterocycles. The summed E-state index contributed by atoms with van der Waals surface area (Å²) in [7, 11) is 1.64. The van der Waals surface area contributed by atoms with Crippen LogP contribution in [-0.4, -0.2) is 40.6 Å². The predicted molar refractivity (Wildman–Crippen MR) is 167 cm³/mol. The summed E-state index contributed by atoms with van der Waals surface area (Å²) in [5.41, 5.74) is 6.11. The molecular weight excluding hydrogens is 526 g/mol. The van der Waals surface area contributed by atoms with Crippen LogP contribution in [0.2, 0.25) is 0 Å². The molecule has 0 radical (unpaired) electrons. The van der Waals surface area contributed by atoms with Gasteiger partial charge in [0.25, 0.3) is 0 Å². The zero-order valence-corrected chi connectivity index (χ0v) is 23.7. The number of nitrogens with one attached hydrogen (secondary N) is 2. The molecular formula is C35H35N3O4. The summed E-state index contributed by atoms with van der Waals surface area (Å²) in [6.07, 6.45) is 12.3. The Balaban J connectivity index is 1.37. The number of benzene rings is 3. The first kappa shape index (κ1) is 28.6. The van der Waals surface area contributed by atoms with Gasteiger partial charge in [-0.1, -0.05) is 67.8 Å². The van der Waals surface area contributed by atoms with Crippen molar-refractivity contribution in [2.45, 2.75) is 32.1 Å². The van der Waals surface area contributed by atoms with Gasteiger partial charge >= 0.3 is 5.97 Å². The highest BCUT2D eigenvalue weighted by Gasteiger charge is 2.16. The summed E-state index contributed by atoms with van der Waals surface area (Å²) in [5.74, 6) is 1.03. The van der Waals surface area contributed by atoms with Crippen LogP contribution in [0.1, 0.15) is 43.2 Å². The van der Waals surface area contributed by atoms with E-state index in [9.17, 15) is 9.59 Å². The van der Waals surface area contributed by atoms with Crippen LogP contribution in [0.5, 0.6) is 5.75 Å². The number of hydrogen-bond donors (Lipinski definition) is 3. The first-order chi connectivity index (χ1) is 20.5. The number of H-pyrrole nitrogens is 1. The average molecular weight is 562 g/mol. The van der Waals surface area contributed by atoms with Crippen LogP contribution in [0.15, 0.2) is 84.9 Å². The highest BCUT2D eigenvalue weighted by atomic mass is 16.5. The average Bonchev–Trinajstić information content (AvgIpc) is 3.48. The van der Waals surface area contributed by atoms with Crippen molar-refractivity contribution in [2.75, 3.05) is 13.7 Å². The number of rotatable bonds is 10. The Morgan fingerprint density at radius 3 is 2.07 bits per heavy atom. The molecule has 0 bridgehead atoms.